The molecule has 1 aliphatic rings. The molecule has 2 aromatic rings. The molecule has 0 fully saturated rings. The van der Waals surface area contributed by atoms with Crippen molar-refractivity contribution in [3.8, 4) is 0 Å². The first-order chi connectivity index (χ1) is 10.1. The van der Waals surface area contributed by atoms with Crippen molar-refractivity contribution < 1.29 is 9.18 Å². The van der Waals surface area contributed by atoms with Crippen LogP contribution in [0.25, 0.3) is 0 Å². The van der Waals surface area contributed by atoms with Gasteiger partial charge in [-0.05, 0) is 43.0 Å². The van der Waals surface area contributed by atoms with E-state index in [1.807, 2.05) is 19.1 Å². The summed E-state index contributed by atoms with van der Waals surface area (Å²) in [4.78, 5) is 14.3. The van der Waals surface area contributed by atoms with Crippen LogP contribution in [-0.2, 0) is 12.8 Å². The lowest BCUT2D eigenvalue weighted by atomic mass is 10.0. The number of rotatable bonds is 1. The number of halogens is 1. The van der Waals surface area contributed by atoms with Gasteiger partial charge in [0.15, 0.2) is 0 Å². The fraction of sp³-hybridized carbons (Fsp3) is 0.278. The topological polar surface area (TPSA) is 20.3 Å². The summed E-state index contributed by atoms with van der Waals surface area (Å²) in [5, 5.41) is 0. The molecule has 1 heterocycles. The van der Waals surface area contributed by atoms with Crippen LogP contribution in [0.5, 0.6) is 0 Å². The number of aryl methyl sites for hydroxylation is 1. The van der Waals surface area contributed by atoms with Crippen molar-refractivity contribution in [3.63, 3.8) is 0 Å². The highest BCUT2D eigenvalue weighted by Gasteiger charge is 2.21. The molecule has 1 aliphatic heterocycles. The quantitative estimate of drug-likeness (QED) is 0.785. The van der Waals surface area contributed by atoms with Gasteiger partial charge in [0, 0.05) is 13.1 Å². The first-order valence-corrected chi connectivity index (χ1v) is 7.27. The second-order valence-electron chi connectivity index (χ2n) is 5.54. The average molecular weight is 283 g/mol. The maximum atomic E-state index is 13.9. The number of benzene rings is 2. The van der Waals surface area contributed by atoms with Gasteiger partial charge in [0.2, 0.25) is 0 Å². The van der Waals surface area contributed by atoms with Gasteiger partial charge >= 0.3 is 0 Å². The summed E-state index contributed by atoms with van der Waals surface area (Å²) in [7, 11) is 0. The zero-order valence-corrected chi connectivity index (χ0v) is 12.1. The molecule has 108 valence electrons. The fourth-order valence-electron chi connectivity index (χ4n) is 2.84. The molecule has 0 saturated heterocycles. The van der Waals surface area contributed by atoms with Crippen LogP contribution in [0.4, 0.5) is 4.39 Å². The van der Waals surface area contributed by atoms with Crippen LogP contribution < -0.4 is 0 Å². The molecule has 1 amide bonds. The molecule has 21 heavy (non-hydrogen) atoms. The lowest BCUT2D eigenvalue weighted by molar-refractivity contribution is 0.0758. The maximum Gasteiger partial charge on any atom is 0.256 e. The first-order valence-electron chi connectivity index (χ1n) is 7.27. The van der Waals surface area contributed by atoms with Gasteiger partial charge in [-0.15, -0.1) is 0 Å². The van der Waals surface area contributed by atoms with Crippen molar-refractivity contribution in [1.29, 1.82) is 0 Å². The van der Waals surface area contributed by atoms with Gasteiger partial charge in [0.25, 0.3) is 5.91 Å². The number of hydrogen-bond acceptors (Lipinski definition) is 1. The minimum Gasteiger partial charge on any atom is -0.338 e. The summed E-state index contributed by atoms with van der Waals surface area (Å²) in [6, 6.07) is 13.0. The first kappa shape index (κ1) is 13.8. The summed E-state index contributed by atoms with van der Waals surface area (Å²) in [6.45, 7) is 3.15. The van der Waals surface area contributed by atoms with Crippen molar-refractivity contribution in [1.82, 2.24) is 4.90 Å². The summed E-state index contributed by atoms with van der Waals surface area (Å²) in [5.41, 5.74) is 3.66. The Balaban J connectivity index is 1.82. The Morgan fingerprint density at radius 3 is 2.29 bits per heavy atom. The van der Waals surface area contributed by atoms with Crippen LogP contribution in [0.3, 0.4) is 0 Å². The second kappa shape index (κ2) is 5.68. The number of carbonyl (C=O) groups is 1. The lowest BCUT2D eigenvalue weighted by Gasteiger charge is -2.20. The van der Waals surface area contributed by atoms with Gasteiger partial charge in [-0.1, -0.05) is 35.9 Å². The highest BCUT2D eigenvalue weighted by molar-refractivity contribution is 5.94. The van der Waals surface area contributed by atoms with Gasteiger partial charge in [-0.3, -0.25) is 4.79 Å². The summed E-state index contributed by atoms with van der Waals surface area (Å²) < 4.78 is 13.9. The van der Waals surface area contributed by atoms with Gasteiger partial charge in [0.1, 0.15) is 5.82 Å². The summed E-state index contributed by atoms with van der Waals surface area (Å²) >= 11 is 0. The SMILES string of the molecule is Cc1ccc(F)c(C(=O)N2CCc3ccccc3CC2)c1. The summed E-state index contributed by atoms with van der Waals surface area (Å²) in [6.07, 6.45) is 1.66. The second-order valence-corrected chi connectivity index (χ2v) is 5.54. The van der Waals surface area contributed by atoms with Crippen LogP contribution in [0, 0.1) is 12.7 Å². The standard InChI is InChI=1S/C18H18FNO/c1-13-6-7-17(19)16(12-13)18(21)20-10-8-14-4-2-3-5-15(14)9-11-20/h2-7,12H,8-11H2,1H3. The minimum absolute atomic E-state index is 0.181. The lowest BCUT2D eigenvalue weighted by Crippen LogP contribution is -2.33. The van der Waals surface area contributed by atoms with Crippen molar-refractivity contribution in [2.75, 3.05) is 13.1 Å². The van der Waals surface area contributed by atoms with E-state index in [1.165, 1.54) is 17.2 Å². The van der Waals surface area contributed by atoms with E-state index < -0.39 is 5.82 Å². The molecule has 0 radical (unpaired) electrons. The van der Waals surface area contributed by atoms with E-state index in [0.29, 0.717) is 13.1 Å². The largest absolute Gasteiger partial charge is 0.338 e. The number of carbonyl (C=O) groups excluding carboxylic acids is 1. The molecule has 3 heteroatoms. The molecule has 2 aromatic carbocycles. The Morgan fingerprint density at radius 2 is 1.67 bits per heavy atom. The molecule has 0 aromatic heterocycles. The zero-order chi connectivity index (χ0) is 14.8. The molecular weight excluding hydrogens is 265 g/mol. The van der Waals surface area contributed by atoms with Crippen LogP contribution in [0.2, 0.25) is 0 Å². The van der Waals surface area contributed by atoms with Crippen molar-refractivity contribution in [3.05, 3.63) is 70.5 Å². The molecule has 3 rings (SSSR count). The smallest absolute Gasteiger partial charge is 0.256 e. The normalized spacial score (nSPS) is 14.5. The number of nitrogens with zero attached hydrogens (tertiary/aromatic N) is 1. The minimum atomic E-state index is -0.438. The van der Waals surface area contributed by atoms with E-state index in [2.05, 4.69) is 12.1 Å². The van der Waals surface area contributed by atoms with Crippen LogP contribution in [0.1, 0.15) is 27.0 Å². The highest BCUT2D eigenvalue weighted by atomic mass is 19.1. The molecule has 0 N–H and O–H groups in total. The molecule has 0 bridgehead atoms. The van der Waals surface area contributed by atoms with E-state index in [-0.39, 0.29) is 11.5 Å². The molecule has 0 atom stereocenters. The van der Waals surface area contributed by atoms with E-state index in [4.69, 9.17) is 0 Å². The Labute approximate surface area is 124 Å². The Hall–Kier alpha value is -2.16. The zero-order valence-electron chi connectivity index (χ0n) is 12.1. The Morgan fingerprint density at radius 1 is 1.05 bits per heavy atom. The molecular formula is C18H18FNO. The maximum absolute atomic E-state index is 13.9. The molecule has 2 nitrogen and oxygen atoms in total. The molecule has 0 unspecified atom stereocenters. The van der Waals surface area contributed by atoms with E-state index in [0.717, 1.165) is 18.4 Å². The molecule has 0 saturated carbocycles. The number of fused-ring (bicyclic) bond motifs is 1. The third kappa shape index (κ3) is 2.82. The van der Waals surface area contributed by atoms with Crippen molar-refractivity contribution in [2.45, 2.75) is 19.8 Å². The van der Waals surface area contributed by atoms with Crippen molar-refractivity contribution in [2.24, 2.45) is 0 Å². The van der Waals surface area contributed by atoms with E-state index >= 15 is 0 Å². The third-order valence-corrected chi connectivity index (χ3v) is 4.06. The van der Waals surface area contributed by atoms with Gasteiger partial charge in [-0.2, -0.15) is 0 Å². The van der Waals surface area contributed by atoms with Gasteiger partial charge < -0.3 is 4.90 Å². The van der Waals surface area contributed by atoms with Crippen LogP contribution in [0.15, 0.2) is 42.5 Å². The number of amides is 1. The highest BCUT2D eigenvalue weighted by Crippen LogP contribution is 2.18. The average Bonchev–Trinajstić information content (AvgIpc) is 2.71. The van der Waals surface area contributed by atoms with E-state index in [9.17, 15) is 9.18 Å². The number of hydrogen-bond donors (Lipinski definition) is 0. The molecule has 0 aliphatic carbocycles. The van der Waals surface area contributed by atoms with Gasteiger partial charge in [0.05, 0.1) is 5.56 Å². The van der Waals surface area contributed by atoms with Crippen LogP contribution >= 0.6 is 0 Å². The predicted octanol–water partition coefficient (Wildman–Crippen LogP) is 3.38. The third-order valence-electron chi connectivity index (χ3n) is 4.06. The summed E-state index contributed by atoms with van der Waals surface area (Å²) in [5.74, 6) is -0.642. The monoisotopic (exact) mass is 283 g/mol. The Bertz CT molecular complexity index is 654. The van der Waals surface area contributed by atoms with Gasteiger partial charge in [-0.25, -0.2) is 4.39 Å². The van der Waals surface area contributed by atoms with E-state index in [1.54, 1.807) is 17.0 Å². The Kier molecular flexibility index (Phi) is 3.74. The molecule has 0 spiro atoms. The van der Waals surface area contributed by atoms with Crippen LogP contribution in [-0.4, -0.2) is 23.9 Å². The fourth-order valence-corrected chi connectivity index (χ4v) is 2.84. The predicted molar refractivity (Wildman–Crippen MR) is 80.9 cm³/mol. The van der Waals surface area contributed by atoms with Crippen molar-refractivity contribution >= 4 is 5.91 Å².